The highest BCUT2D eigenvalue weighted by atomic mass is 16.3. The van der Waals surface area contributed by atoms with Gasteiger partial charge in [0.05, 0.1) is 5.69 Å². The van der Waals surface area contributed by atoms with E-state index in [1.54, 1.807) is 6.07 Å². The molecule has 92 valence electrons. The molecule has 0 bridgehead atoms. The third kappa shape index (κ3) is 3.93. The smallest absolute Gasteiger partial charge is 0.216 e. The number of carbonyl (C=O) groups excluding carboxylic acids is 2. The Bertz CT molecular complexity index is 408. The largest absolute Gasteiger partial charge is 0.388 e. The Morgan fingerprint density at radius 3 is 2.82 bits per heavy atom. The second-order valence-corrected chi connectivity index (χ2v) is 3.55. The number of hydrogen-bond donors (Lipinski definition) is 3. The summed E-state index contributed by atoms with van der Waals surface area (Å²) in [6.45, 7) is 1.23. The quantitative estimate of drug-likeness (QED) is 0.596. The van der Waals surface area contributed by atoms with Crippen molar-refractivity contribution in [2.45, 2.75) is 19.1 Å². The van der Waals surface area contributed by atoms with Gasteiger partial charge < -0.3 is 15.5 Å². The van der Waals surface area contributed by atoms with Crippen LogP contribution >= 0.6 is 0 Å². The van der Waals surface area contributed by atoms with E-state index in [0.717, 1.165) is 0 Å². The minimum atomic E-state index is -1.25. The van der Waals surface area contributed by atoms with Crippen LogP contribution in [-0.4, -0.2) is 40.0 Å². The maximum atomic E-state index is 10.6. The van der Waals surface area contributed by atoms with Crippen LogP contribution in [0.5, 0.6) is 0 Å². The normalized spacial score (nSPS) is 13.8. The van der Waals surface area contributed by atoms with Crippen molar-refractivity contribution in [3.63, 3.8) is 0 Å². The molecular weight excluding hydrogens is 224 g/mol. The fourth-order valence-electron chi connectivity index (χ4n) is 1.26. The highest BCUT2D eigenvalue weighted by Crippen LogP contribution is 2.14. The lowest BCUT2D eigenvalue weighted by molar-refractivity contribution is -0.119. The Hall–Kier alpha value is -1.79. The fraction of sp³-hybridized carbons (Fsp3) is 0.364. The van der Waals surface area contributed by atoms with Crippen LogP contribution in [-0.2, 0) is 4.79 Å². The first-order valence-corrected chi connectivity index (χ1v) is 5.07. The van der Waals surface area contributed by atoms with Crippen molar-refractivity contribution in [1.82, 2.24) is 10.3 Å². The molecule has 0 aromatic carbocycles. The maximum Gasteiger partial charge on any atom is 0.216 e. The molecule has 0 fully saturated rings. The average Bonchev–Trinajstić information content (AvgIpc) is 2.35. The Balaban J connectivity index is 2.70. The molecule has 2 unspecified atom stereocenters. The zero-order chi connectivity index (χ0) is 12.8. The summed E-state index contributed by atoms with van der Waals surface area (Å²) in [4.78, 5) is 25.0. The Labute approximate surface area is 98.3 Å². The molecule has 3 N–H and O–H groups in total. The molecule has 0 saturated carbocycles. The molecule has 0 saturated heterocycles. The number of nitrogens with one attached hydrogen (secondary N) is 1. The zero-order valence-corrected chi connectivity index (χ0v) is 9.33. The predicted octanol–water partition coefficient (Wildman–Crippen LogP) is -0.576. The Morgan fingerprint density at radius 1 is 1.53 bits per heavy atom. The fourth-order valence-corrected chi connectivity index (χ4v) is 1.26. The van der Waals surface area contributed by atoms with E-state index in [1.165, 1.54) is 19.1 Å². The van der Waals surface area contributed by atoms with Gasteiger partial charge >= 0.3 is 0 Å². The van der Waals surface area contributed by atoms with Gasteiger partial charge in [0.1, 0.15) is 17.9 Å². The number of carbonyl (C=O) groups is 2. The third-order valence-corrected chi connectivity index (χ3v) is 2.14. The molecule has 6 heteroatoms. The molecule has 0 aliphatic rings. The molecule has 1 heterocycles. The summed E-state index contributed by atoms with van der Waals surface area (Å²) in [5.74, 6) is -0.300. The van der Waals surface area contributed by atoms with Crippen molar-refractivity contribution in [3.8, 4) is 0 Å². The van der Waals surface area contributed by atoms with Gasteiger partial charge in [0.2, 0.25) is 5.91 Å². The monoisotopic (exact) mass is 238 g/mol. The number of nitrogens with zero attached hydrogens (tertiary/aromatic N) is 1. The van der Waals surface area contributed by atoms with E-state index in [0.29, 0.717) is 6.29 Å². The molecule has 1 amide bonds. The van der Waals surface area contributed by atoms with Crippen LogP contribution in [0.25, 0.3) is 0 Å². The summed E-state index contributed by atoms with van der Waals surface area (Å²) in [7, 11) is 0. The minimum Gasteiger partial charge on any atom is -0.388 e. The number of aromatic nitrogens is 1. The first-order valence-electron chi connectivity index (χ1n) is 5.07. The van der Waals surface area contributed by atoms with Gasteiger partial charge in [-0.2, -0.15) is 0 Å². The highest BCUT2D eigenvalue weighted by Gasteiger charge is 2.19. The molecule has 1 aromatic heterocycles. The molecular formula is C11H14N2O4. The van der Waals surface area contributed by atoms with Crippen LogP contribution < -0.4 is 5.32 Å². The number of aliphatic hydroxyl groups is 2. The molecule has 1 rings (SSSR count). The van der Waals surface area contributed by atoms with Crippen LogP contribution in [0.1, 0.15) is 29.2 Å². The van der Waals surface area contributed by atoms with Crippen molar-refractivity contribution in [1.29, 1.82) is 0 Å². The number of aldehydes is 1. The lowest BCUT2D eigenvalue weighted by Gasteiger charge is -2.17. The maximum absolute atomic E-state index is 10.6. The molecule has 2 atom stereocenters. The molecule has 17 heavy (non-hydrogen) atoms. The van der Waals surface area contributed by atoms with E-state index in [-0.39, 0.29) is 23.8 Å². The molecule has 0 spiro atoms. The van der Waals surface area contributed by atoms with E-state index < -0.39 is 12.2 Å². The summed E-state index contributed by atoms with van der Waals surface area (Å²) >= 11 is 0. The van der Waals surface area contributed by atoms with Crippen molar-refractivity contribution in [2.24, 2.45) is 0 Å². The van der Waals surface area contributed by atoms with Gasteiger partial charge in [-0.1, -0.05) is 6.07 Å². The lowest BCUT2D eigenvalue weighted by Crippen LogP contribution is -2.34. The number of aliphatic hydroxyl groups excluding tert-OH is 2. The van der Waals surface area contributed by atoms with Gasteiger partial charge in [-0.05, 0) is 12.1 Å². The molecule has 0 aliphatic carbocycles. The summed E-state index contributed by atoms with van der Waals surface area (Å²) in [5.41, 5.74) is 0.362. The third-order valence-electron chi connectivity index (χ3n) is 2.14. The lowest BCUT2D eigenvalue weighted by atomic mass is 10.1. The number of rotatable bonds is 5. The number of amides is 1. The first kappa shape index (κ1) is 13.3. The zero-order valence-electron chi connectivity index (χ0n) is 9.33. The van der Waals surface area contributed by atoms with E-state index >= 15 is 0 Å². The van der Waals surface area contributed by atoms with Gasteiger partial charge in [0, 0.05) is 13.5 Å². The average molecular weight is 238 g/mol. The van der Waals surface area contributed by atoms with Gasteiger partial charge in [-0.15, -0.1) is 0 Å². The van der Waals surface area contributed by atoms with Gasteiger partial charge in [0.25, 0.3) is 0 Å². The topological polar surface area (TPSA) is 99.5 Å². The van der Waals surface area contributed by atoms with E-state index in [4.69, 9.17) is 0 Å². The van der Waals surface area contributed by atoms with E-state index in [9.17, 15) is 19.8 Å². The van der Waals surface area contributed by atoms with Gasteiger partial charge in [-0.25, -0.2) is 4.98 Å². The second kappa shape index (κ2) is 6.07. The van der Waals surface area contributed by atoms with Gasteiger partial charge in [0.15, 0.2) is 6.29 Å². The Kier molecular flexibility index (Phi) is 4.74. The van der Waals surface area contributed by atoms with Crippen molar-refractivity contribution in [2.75, 3.05) is 6.54 Å². The summed E-state index contributed by atoms with van der Waals surface area (Å²) in [5, 5.41) is 21.7. The van der Waals surface area contributed by atoms with E-state index in [2.05, 4.69) is 10.3 Å². The Morgan fingerprint density at radius 2 is 2.24 bits per heavy atom. The van der Waals surface area contributed by atoms with Crippen molar-refractivity contribution >= 4 is 12.2 Å². The molecule has 0 radical (unpaired) electrons. The van der Waals surface area contributed by atoms with Crippen LogP contribution in [0.2, 0.25) is 0 Å². The minimum absolute atomic E-state index is 0.0799. The van der Waals surface area contributed by atoms with Gasteiger partial charge in [-0.3, -0.25) is 9.59 Å². The standard InChI is InChI=1S/C11H14N2O4/c1-7(15)12-5-10(16)11(17)9-4-2-3-8(6-14)13-9/h2-4,6,10-11,16-17H,5H2,1H3,(H,12,15). The van der Waals surface area contributed by atoms with Crippen molar-refractivity contribution in [3.05, 3.63) is 29.6 Å². The van der Waals surface area contributed by atoms with E-state index in [1.807, 2.05) is 0 Å². The molecule has 6 nitrogen and oxygen atoms in total. The second-order valence-electron chi connectivity index (χ2n) is 3.55. The SMILES string of the molecule is CC(=O)NCC(O)C(O)c1cccc(C=O)n1. The first-order chi connectivity index (χ1) is 8.04. The molecule has 0 aliphatic heterocycles. The summed E-state index contributed by atoms with van der Waals surface area (Å²) < 4.78 is 0. The predicted molar refractivity (Wildman–Crippen MR) is 59.3 cm³/mol. The van der Waals surface area contributed by atoms with Crippen LogP contribution in [0.3, 0.4) is 0 Å². The number of pyridine rings is 1. The highest BCUT2D eigenvalue weighted by molar-refractivity contribution is 5.72. The number of hydrogen-bond acceptors (Lipinski definition) is 5. The summed E-state index contributed by atoms with van der Waals surface area (Å²) in [6.07, 6.45) is -1.87. The van der Waals surface area contributed by atoms with Crippen LogP contribution in [0.4, 0.5) is 0 Å². The van der Waals surface area contributed by atoms with Crippen molar-refractivity contribution < 1.29 is 19.8 Å². The summed E-state index contributed by atoms with van der Waals surface area (Å²) in [6, 6.07) is 4.54. The molecule has 1 aromatic rings. The van der Waals surface area contributed by atoms with Crippen LogP contribution in [0.15, 0.2) is 18.2 Å². The van der Waals surface area contributed by atoms with Crippen LogP contribution in [0, 0.1) is 0 Å².